The van der Waals surface area contributed by atoms with Crippen molar-refractivity contribution in [3.63, 3.8) is 0 Å². The maximum atomic E-state index is 11.6. The van der Waals surface area contributed by atoms with Crippen LogP contribution in [-0.4, -0.2) is 23.0 Å². The first-order chi connectivity index (χ1) is 8.26. The van der Waals surface area contributed by atoms with Crippen molar-refractivity contribution in [1.29, 1.82) is 0 Å². The molecule has 0 spiro atoms. The lowest BCUT2D eigenvalue weighted by Gasteiger charge is -2.08. The molecule has 2 rings (SSSR count). The standard InChI is InChI=1S/C12H14N2O2S/c1-3-8(12(15)16-2)10-7-17-11(14-10)9-5-4-6-13-9/h4-8,13H,3H2,1-2H3. The number of rotatable bonds is 4. The van der Waals surface area contributed by atoms with E-state index < -0.39 is 0 Å². The molecule has 5 heteroatoms. The number of nitrogens with zero attached hydrogens (tertiary/aromatic N) is 1. The Balaban J connectivity index is 2.25. The van der Waals surface area contributed by atoms with E-state index in [1.54, 1.807) is 0 Å². The lowest BCUT2D eigenvalue weighted by molar-refractivity contribution is -0.142. The zero-order valence-electron chi connectivity index (χ0n) is 9.77. The average molecular weight is 250 g/mol. The van der Waals surface area contributed by atoms with Gasteiger partial charge in [-0.1, -0.05) is 6.92 Å². The molecule has 90 valence electrons. The molecule has 0 aliphatic carbocycles. The second-order valence-corrected chi connectivity index (χ2v) is 4.50. The SMILES string of the molecule is CCC(C(=O)OC)c1csc(-c2ccc[nH]2)n1. The van der Waals surface area contributed by atoms with Gasteiger partial charge in [-0.05, 0) is 18.6 Å². The van der Waals surface area contributed by atoms with Crippen LogP contribution in [0.4, 0.5) is 0 Å². The predicted octanol–water partition coefficient (Wildman–Crippen LogP) is 2.80. The second kappa shape index (κ2) is 5.14. The van der Waals surface area contributed by atoms with Crippen LogP contribution >= 0.6 is 11.3 Å². The van der Waals surface area contributed by atoms with Gasteiger partial charge in [-0.2, -0.15) is 0 Å². The molecule has 2 aromatic heterocycles. The average Bonchev–Trinajstić information content (AvgIpc) is 2.99. The third-order valence-electron chi connectivity index (χ3n) is 2.60. The highest BCUT2D eigenvalue weighted by atomic mass is 32.1. The van der Waals surface area contributed by atoms with Gasteiger partial charge in [-0.15, -0.1) is 11.3 Å². The maximum absolute atomic E-state index is 11.6. The van der Waals surface area contributed by atoms with E-state index >= 15 is 0 Å². The molecule has 0 bridgehead atoms. The predicted molar refractivity (Wildman–Crippen MR) is 66.9 cm³/mol. The van der Waals surface area contributed by atoms with E-state index in [0.717, 1.165) is 16.4 Å². The van der Waals surface area contributed by atoms with Crippen molar-refractivity contribution in [1.82, 2.24) is 9.97 Å². The molecule has 0 saturated carbocycles. The number of H-pyrrole nitrogens is 1. The highest BCUT2D eigenvalue weighted by molar-refractivity contribution is 7.13. The zero-order valence-corrected chi connectivity index (χ0v) is 10.6. The van der Waals surface area contributed by atoms with Crippen LogP contribution in [0.15, 0.2) is 23.7 Å². The summed E-state index contributed by atoms with van der Waals surface area (Å²) in [5, 5.41) is 2.81. The molecule has 0 saturated heterocycles. The Kier molecular flexibility index (Phi) is 3.58. The van der Waals surface area contributed by atoms with Crippen LogP contribution in [0.3, 0.4) is 0 Å². The minimum atomic E-state index is -0.264. The first kappa shape index (κ1) is 11.9. The second-order valence-electron chi connectivity index (χ2n) is 3.65. The summed E-state index contributed by atoms with van der Waals surface area (Å²) in [5.41, 5.74) is 1.76. The van der Waals surface area contributed by atoms with Crippen molar-refractivity contribution in [2.75, 3.05) is 7.11 Å². The summed E-state index contributed by atoms with van der Waals surface area (Å²) in [6.45, 7) is 1.95. The van der Waals surface area contributed by atoms with E-state index in [9.17, 15) is 4.79 Å². The van der Waals surface area contributed by atoms with E-state index in [-0.39, 0.29) is 11.9 Å². The Labute approximate surface area is 104 Å². The Morgan fingerprint density at radius 2 is 2.47 bits per heavy atom. The number of hydrogen-bond acceptors (Lipinski definition) is 4. The molecule has 1 N–H and O–H groups in total. The van der Waals surface area contributed by atoms with Crippen molar-refractivity contribution < 1.29 is 9.53 Å². The Morgan fingerprint density at radius 3 is 3.06 bits per heavy atom. The quantitative estimate of drug-likeness (QED) is 0.849. The number of carbonyl (C=O) groups excluding carboxylic acids is 1. The zero-order chi connectivity index (χ0) is 12.3. The summed E-state index contributed by atoms with van der Waals surface area (Å²) in [7, 11) is 1.41. The van der Waals surface area contributed by atoms with E-state index in [0.29, 0.717) is 6.42 Å². The van der Waals surface area contributed by atoms with Gasteiger partial charge in [0.25, 0.3) is 0 Å². The number of carbonyl (C=O) groups is 1. The Bertz CT molecular complexity index is 490. The van der Waals surface area contributed by atoms with Crippen LogP contribution in [0.2, 0.25) is 0 Å². The summed E-state index contributed by atoms with van der Waals surface area (Å²) in [4.78, 5) is 19.2. The molecular formula is C12H14N2O2S. The molecule has 1 unspecified atom stereocenters. The number of methoxy groups -OCH3 is 1. The molecule has 17 heavy (non-hydrogen) atoms. The van der Waals surface area contributed by atoms with E-state index in [1.165, 1.54) is 18.4 Å². The van der Waals surface area contributed by atoms with Gasteiger partial charge in [0.1, 0.15) is 5.01 Å². The number of esters is 1. The van der Waals surface area contributed by atoms with Crippen LogP contribution in [0.1, 0.15) is 25.0 Å². The maximum Gasteiger partial charge on any atom is 0.314 e. The third-order valence-corrected chi connectivity index (χ3v) is 3.50. The Morgan fingerprint density at radius 1 is 1.65 bits per heavy atom. The molecule has 0 aliphatic rings. The van der Waals surface area contributed by atoms with Gasteiger partial charge in [0, 0.05) is 11.6 Å². The van der Waals surface area contributed by atoms with Crippen molar-refractivity contribution in [2.24, 2.45) is 0 Å². The topological polar surface area (TPSA) is 55.0 Å². The van der Waals surface area contributed by atoms with Gasteiger partial charge in [-0.25, -0.2) is 4.98 Å². The van der Waals surface area contributed by atoms with Crippen molar-refractivity contribution in [3.8, 4) is 10.7 Å². The monoisotopic (exact) mass is 250 g/mol. The molecule has 0 aromatic carbocycles. The first-order valence-corrected chi connectivity index (χ1v) is 6.31. The highest BCUT2D eigenvalue weighted by Crippen LogP contribution is 2.27. The van der Waals surface area contributed by atoms with Crippen molar-refractivity contribution in [3.05, 3.63) is 29.4 Å². The van der Waals surface area contributed by atoms with E-state index in [1.807, 2.05) is 30.6 Å². The summed E-state index contributed by atoms with van der Waals surface area (Å²) in [5.74, 6) is -0.490. The fourth-order valence-electron chi connectivity index (χ4n) is 1.67. The molecule has 2 aromatic rings. The summed E-state index contributed by atoms with van der Waals surface area (Å²) < 4.78 is 4.78. The van der Waals surface area contributed by atoms with Crippen LogP contribution in [-0.2, 0) is 9.53 Å². The number of hydrogen-bond donors (Lipinski definition) is 1. The molecular weight excluding hydrogens is 236 g/mol. The number of aromatic amines is 1. The molecule has 0 aliphatic heterocycles. The summed E-state index contributed by atoms with van der Waals surface area (Å²) in [6, 6.07) is 3.88. The minimum Gasteiger partial charge on any atom is -0.469 e. The van der Waals surface area contributed by atoms with E-state index in [4.69, 9.17) is 4.74 Å². The lowest BCUT2D eigenvalue weighted by atomic mass is 10.0. The molecule has 2 heterocycles. The number of ether oxygens (including phenoxy) is 1. The van der Waals surface area contributed by atoms with E-state index in [2.05, 4.69) is 9.97 Å². The molecule has 0 radical (unpaired) electrons. The Hall–Kier alpha value is -1.62. The van der Waals surface area contributed by atoms with Gasteiger partial charge in [0.2, 0.25) is 0 Å². The minimum absolute atomic E-state index is 0.226. The third kappa shape index (κ3) is 2.39. The fourth-order valence-corrected chi connectivity index (χ4v) is 2.53. The van der Waals surface area contributed by atoms with Crippen molar-refractivity contribution in [2.45, 2.75) is 19.3 Å². The molecule has 1 atom stereocenters. The highest BCUT2D eigenvalue weighted by Gasteiger charge is 2.22. The van der Waals surface area contributed by atoms with Crippen LogP contribution in [0.25, 0.3) is 10.7 Å². The van der Waals surface area contributed by atoms with Gasteiger partial charge >= 0.3 is 5.97 Å². The van der Waals surface area contributed by atoms with Gasteiger partial charge in [0.05, 0.1) is 24.4 Å². The van der Waals surface area contributed by atoms with Crippen LogP contribution < -0.4 is 0 Å². The normalized spacial score (nSPS) is 12.4. The molecule has 4 nitrogen and oxygen atoms in total. The lowest BCUT2D eigenvalue weighted by Crippen LogP contribution is -2.13. The van der Waals surface area contributed by atoms with Crippen molar-refractivity contribution >= 4 is 17.3 Å². The smallest absolute Gasteiger partial charge is 0.314 e. The van der Waals surface area contributed by atoms with Gasteiger partial charge < -0.3 is 9.72 Å². The molecule has 0 fully saturated rings. The number of aromatic nitrogens is 2. The van der Waals surface area contributed by atoms with Gasteiger partial charge in [0.15, 0.2) is 0 Å². The molecule has 0 amide bonds. The van der Waals surface area contributed by atoms with Crippen LogP contribution in [0.5, 0.6) is 0 Å². The van der Waals surface area contributed by atoms with Gasteiger partial charge in [-0.3, -0.25) is 4.79 Å². The summed E-state index contributed by atoms with van der Waals surface area (Å²) in [6.07, 6.45) is 2.55. The fraction of sp³-hybridized carbons (Fsp3) is 0.333. The largest absolute Gasteiger partial charge is 0.469 e. The summed E-state index contributed by atoms with van der Waals surface area (Å²) >= 11 is 1.53. The number of nitrogens with one attached hydrogen (secondary N) is 1. The van der Waals surface area contributed by atoms with Crippen LogP contribution in [0, 0.1) is 0 Å². The first-order valence-electron chi connectivity index (χ1n) is 5.43. The number of thiazole rings is 1.